The first-order valence-electron chi connectivity index (χ1n) is 9.90. The molecular formula is C21H31FN4O2. The summed E-state index contributed by atoms with van der Waals surface area (Å²) in [5.74, 6) is -0.353. The second-order valence-corrected chi connectivity index (χ2v) is 6.68. The molecule has 3 N–H and O–H groups in total. The van der Waals surface area contributed by atoms with Gasteiger partial charge < -0.3 is 15.8 Å². The zero-order valence-electron chi connectivity index (χ0n) is 17.2. The number of nitrogens with one attached hydrogen (secondary N) is 1. The molecule has 2 aliphatic rings. The van der Waals surface area contributed by atoms with Crippen LogP contribution >= 0.6 is 0 Å². The van der Waals surface area contributed by atoms with Gasteiger partial charge in [0.25, 0.3) is 5.91 Å². The Morgan fingerprint density at radius 2 is 1.96 bits per heavy atom. The Morgan fingerprint density at radius 1 is 1.29 bits per heavy atom. The normalized spacial score (nSPS) is 17.0. The Labute approximate surface area is 166 Å². The zero-order valence-corrected chi connectivity index (χ0v) is 17.2. The van der Waals surface area contributed by atoms with E-state index >= 15 is 0 Å². The first-order chi connectivity index (χ1) is 13.6. The highest BCUT2D eigenvalue weighted by atomic mass is 19.1. The van der Waals surface area contributed by atoms with Crippen LogP contribution < -0.4 is 11.1 Å². The van der Waals surface area contributed by atoms with Gasteiger partial charge in [0.2, 0.25) is 0 Å². The summed E-state index contributed by atoms with van der Waals surface area (Å²) in [6, 6.07) is 4.55. The van der Waals surface area contributed by atoms with Crippen LogP contribution in [0.2, 0.25) is 0 Å². The minimum absolute atomic E-state index is 0.104. The van der Waals surface area contributed by atoms with E-state index < -0.39 is 0 Å². The van der Waals surface area contributed by atoms with Gasteiger partial charge in [0.1, 0.15) is 11.6 Å². The predicted octanol–water partition coefficient (Wildman–Crippen LogP) is 4.01. The minimum Gasteiger partial charge on any atom is -0.388 e. The lowest BCUT2D eigenvalue weighted by molar-refractivity contribution is 0.0852. The van der Waals surface area contributed by atoms with Crippen LogP contribution in [0.15, 0.2) is 18.2 Å². The number of fused-ring (bicyclic) bond motifs is 2. The Balaban J connectivity index is 0.000000514. The molecule has 1 aromatic heterocycles. The predicted molar refractivity (Wildman–Crippen MR) is 110 cm³/mol. The van der Waals surface area contributed by atoms with E-state index in [1.807, 2.05) is 13.8 Å². The standard InChI is InChI=1S/C17H19FN4O.C2H6O.C2H6/c18-10-5-6-14-13(9-10)11(7-8-20-14)17(23)22-15-4-2-1-3-12(15)16(19)21-22;1-3-2;1-2/h5-6,9,11,20H,1-4,7-8H2,(H2,19,21);1-2H3;1-2H3. The maximum Gasteiger partial charge on any atom is 0.254 e. The van der Waals surface area contributed by atoms with E-state index in [9.17, 15) is 9.18 Å². The summed E-state index contributed by atoms with van der Waals surface area (Å²) < 4.78 is 19.4. The van der Waals surface area contributed by atoms with E-state index in [0.717, 1.165) is 42.6 Å². The Kier molecular flexibility index (Phi) is 7.99. The minimum atomic E-state index is -0.382. The van der Waals surface area contributed by atoms with Crippen LogP contribution in [0.3, 0.4) is 0 Å². The van der Waals surface area contributed by atoms with Crippen LogP contribution in [-0.2, 0) is 17.6 Å². The molecule has 0 radical (unpaired) electrons. The van der Waals surface area contributed by atoms with Gasteiger partial charge in [0.05, 0.1) is 11.6 Å². The van der Waals surface area contributed by atoms with Crippen molar-refractivity contribution in [3.8, 4) is 0 Å². The number of aromatic nitrogens is 2. The third kappa shape index (κ3) is 4.52. The second kappa shape index (κ2) is 10.2. The quantitative estimate of drug-likeness (QED) is 0.769. The molecule has 2 heterocycles. The number of hydrogen-bond donors (Lipinski definition) is 2. The summed E-state index contributed by atoms with van der Waals surface area (Å²) in [5.41, 5.74) is 9.48. The van der Waals surface area contributed by atoms with Crippen molar-refractivity contribution in [2.24, 2.45) is 0 Å². The second-order valence-electron chi connectivity index (χ2n) is 6.68. The topological polar surface area (TPSA) is 82.2 Å². The maximum atomic E-state index is 13.6. The highest BCUT2D eigenvalue weighted by Gasteiger charge is 2.31. The average molecular weight is 391 g/mol. The lowest BCUT2D eigenvalue weighted by atomic mass is 9.89. The summed E-state index contributed by atoms with van der Waals surface area (Å²) in [6.45, 7) is 4.69. The molecule has 2 aromatic rings. The average Bonchev–Trinajstić information content (AvgIpc) is 3.06. The van der Waals surface area contributed by atoms with Gasteiger partial charge in [-0.3, -0.25) is 4.79 Å². The molecule has 7 heteroatoms. The molecule has 0 fully saturated rings. The van der Waals surface area contributed by atoms with Crippen LogP contribution in [-0.4, -0.2) is 36.5 Å². The molecule has 1 aromatic carbocycles. The number of hydrogen-bond acceptors (Lipinski definition) is 5. The van der Waals surface area contributed by atoms with E-state index in [2.05, 4.69) is 15.2 Å². The lowest BCUT2D eigenvalue weighted by Gasteiger charge is -2.26. The van der Waals surface area contributed by atoms with Crippen molar-refractivity contribution < 1.29 is 13.9 Å². The number of carbonyl (C=O) groups excluding carboxylic acids is 1. The van der Waals surface area contributed by atoms with E-state index in [1.54, 1.807) is 20.3 Å². The Morgan fingerprint density at radius 3 is 2.68 bits per heavy atom. The molecule has 0 amide bonds. The third-order valence-electron chi connectivity index (χ3n) is 4.86. The van der Waals surface area contributed by atoms with Crippen molar-refractivity contribution in [1.82, 2.24) is 9.78 Å². The van der Waals surface area contributed by atoms with Crippen LogP contribution in [0.4, 0.5) is 15.9 Å². The number of rotatable bonds is 1. The zero-order chi connectivity index (χ0) is 20.7. The molecule has 4 rings (SSSR count). The number of nitrogen functional groups attached to an aromatic ring is 1. The third-order valence-corrected chi connectivity index (χ3v) is 4.86. The highest BCUT2D eigenvalue weighted by Crippen LogP contribution is 2.35. The number of methoxy groups -OCH3 is 1. The lowest BCUT2D eigenvalue weighted by Crippen LogP contribution is -2.29. The van der Waals surface area contributed by atoms with Crippen LogP contribution in [0.25, 0.3) is 0 Å². The summed E-state index contributed by atoms with van der Waals surface area (Å²) >= 11 is 0. The van der Waals surface area contributed by atoms with E-state index in [-0.39, 0.29) is 17.6 Å². The number of nitrogens with two attached hydrogens (primary N) is 1. The van der Waals surface area contributed by atoms with Gasteiger partial charge in [-0.2, -0.15) is 0 Å². The van der Waals surface area contributed by atoms with Crippen LogP contribution in [0.5, 0.6) is 0 Å². The summed E-state index contributed by atoms with van der Waals surface area (Å²) in [6.07, 6.45) is 4.46. The molecule has 28 heavy (non-hydrogen) atoms. The molecular weight excluding hydrogens is 359 g/mol. The Bertz CT molecular complexity index is 804. The van der Waals surface area contributed by atoms with E-state index in [0.29, 0.717) is 24.3 Å². The van der Waals surface area contributed by atoms with Crippen molar-refractivity contribution >= 4 is 17.4 Å². The molecule has 0 saturated heterocycles. The molecule has 1 aliphatic heterocycles. The molecule has 0 saturated carbocycles. The molecule has 0 bridgehead atoms. The van der Waals surface area contributed by atoms with E-state index in [4.69, 9.17) is 5.73 Å². The SMILES string of the molecule is CC.COC.Nc1nn(C(=O)C2CCNc3ccc(F)cc32)c2c1CCCC2. The number of halogens is 1. The van der Waals surface area contributed by atoms with Crippen molar-refractivity contribution in [2.75, 3.05) is 31.8 Å². The number of ether oxygens (including phenoxy) is 1. The maximum absolute atomic E-state index is 13.6. The van der Waals surface area contributed by atoms with Crippen molar-refractivity contribution in [3.63, 3.8) is 0 Å². The van der Waals surface area contributed by atoms with Crippen molar-refractivity contribution in [1.29, 1.82) is 0 Å². The number of nitrogens with zero attached hydrogens (tertiary/aromatic N) is 2. The summed E-state index contributed by atoms with van der Waals surface area (Å²) in [7, 11) is 3.25. The Hall–Kier alpha value is -2.41. The van der Waals surface area contributed by atoms with E-state index in [1.165, 1.54) is 16.8 Å². The van der Waals surface area contributed by atoms with Crippen LogP contribution in [0.1, 0.15) is 60.6 Å². The van der Waals surface area contributed by atoms with Gasteiger partial charge >= 0.3 is 0 Å². The van der Waals surface area contributed by atoms with Gasteiger partial charge in [0, 0.05) is 32.0 Å². The number of benzene rings is 1. The van der Waals surface area contributed by atoms with Gasteiger partial charge in [-0.05, 0) is 55.9 Å². The summed E-state index contributed by atoms with van der Waals surface area (Å²) in [4.78, 5) is 13.1. The largest absolute Gasteiger partial charge is 0.388 e. The van der Waals surface area contributed by atoms with Crippen molar-refractivity contribution in [2.45, 2.75) is 51.9 Å². The molecule has 0 spiro atoms. The molecule has 1 atom stereocenters. The molecule has 1 aliphatic carbocycles. The smallest absolute Gasteiger partial charge is 0.254 e. The molecule has 1 unspecified atom stereocenters. The molecule has 154 valence electrons. The fourth-order valence-electron chi connectivity index (χ4n) is 3.70. The number of anilines is 2. The highest BCUT2D eigenvalue weighted by molar-refractivity contribution is 5.89. The first-order valence-corrected chi connectivity index (χ1v) is 9.90. The fourth-order valence-corrected chi connectivity index (χ4v) is 3.70. The van der Waals surface area contributed by atoms with Gasteiger partial charge in [0.15, 0.2) is 0 Å². The monoisotopic (exact) mass is 390 g/mol. The van der Waals surface area contributed by atoms with Gasteiger partial charge in [-0.1, -0.05) is 13.8 Å². The fraction of sp³-hybridized carbons (Fsp3) is 0.524. The number of carbonyl (C=O) groups is 1. The summed E-state index contributed by atoms with van der Waals surface area (Å²) in [5, 5.41) is 7.51. The first kappa shape index (κ1) is 21.9. The van der Waals surface area contributed by atoms with Crippen LogP contribution in [0, 0.1) is 5.82 Å². The molecule has 6 nitrogen and oxygen atoms in total. The van der Waals surface area contributed by atoms with Gasteiger partial charge in [-0.15, -0.1) is 5.10 Å². The van der Waals surface area contributed by atoms with Gasteiger partial charge in [-0.25, -0.2) is 9.07 Å². The van der Waals surface area contributed by atoms with Crippen molar-refractivity contribution in [3.05, 3.63) is 40.8 Å².